The lowest BCUT2D eigenvalue weighted by Crippen LogP contribution is -2.48. The molecule has 0 spiro atoms. The van der Waals surface area contributed by atoms with Gasteiger partial charge in [-0.15, -0.1) is 0 Å². The van der Waals surface area contributed by atoms with Crippen molar-refractivity contribution in [1.29, 1.82) is 10.5 Å². The van der Waals surface area contributed by atoms with Gasteiger partial charge in [-0.3, -0.25) is 9.59 Å². The van der Waals surface area contributed by atoms with E-state index < -0.39 is 23.8 Å². The Kier molecular flexibility index (Phi) is 10.8. The van der Waals surface area contributed by atoms with Crippen molar-refractivity contribution in [3.05, 3.63) is 46.8 Å². The summed E-state index contributed by atoms with van der Waals surface area (Å²) in [5.41, 5.74) is 3.07. The fourth-order valence-electron chi connectivity index (χ4n) is 7.58. The van der Waals surface area contributed by atoms with Gasteiger partial charge in [0.25, 0.3) is 0 Å². The van der Waals surface area contributed by atoms with E-state index in [1.54, 1.807) is 13.8 Å². The van der Waals surface area contributed by atoms with E-state index in [1.807, 2.05) is 12.2 Å². The zero-order chi connectivity index (χ0) is 32.9. The van der Waals surface area contributed by atoms with Gasteiger partial charge in [-0.05, 0) is 90.9 Å². The van der Waals surface area contributed by atoms with Crippen LogP contribution in [-0.4, -0.2) is 37.7 Å². The Balaban J connectivity index is 1.80. The summed E-state index contributed by atoms with van der Waals surface area (Å²) in [5.74, 6) is -2.80. The first-order valence-corrected chi connectivity index (χ1v) is 15.9. The number of carbonyl (C=O) groups excluding carboxylic acids is 2. The van der Waals surface area contributed by atoms with Crippen LogP contribution in [0.1, 0.15) is 94.4 Å². The van der Waals surface area contributed by atoms with Gasteiger partial charge >= 0.3 is 11.9 Å². The van der Waals surface area contributed by atoms with Crippen molar-refractivity contribution in [2.75, 3.05) is 19.8 Å². The Bertz CT molecular complexity index is 1320. The summed E-state index contributed by atoms with van der Waals surface area (Å²) in [6.45, 7) is 20.2. The van der Waals surface area contributed by atoms with Crippen LogP contribution in [-0.2, 0) is 19.1 Å². The molecule has 0 saturated heterocycles. The van der Waals surface area contributed by atoms with E-state index in [0.29, 0.717) is 12.8 Å². The number of nitrogens with one attached hydrogen (secondary N) is 2. The molecule has 0 aliphatic heterocycles. The molecule has 0 aromatic rings. The van der Waals surface area contributed by atoms with Gasteiger partial charge in [-0.1, -0.05) is 60.6 Å². The van der Waals surface area contributed by atoms with Gasteiger partial charge in [0.15, 0.2) is 11.8 Å². The maximum absolute atomic E-state index is 12.6. The van der Waals surface area contributed by atoms with Crippen molar-refractivity contribution in [3.8, 4) is 12.1 Å². The molecule has 3 rings (SSSR count). The lowest BCUT2D eigenvalue weighted by Gasteiger charge is -2.48. The second-order valence-corrected chi connectivity index (χ2v) is 15.4. The molecule has 1 fully saturated rings. The molecule has 8 nitrogen and oxygen atoms in total. The summed E-state index contributed by atoms with van der Waals surface area (Å²) in [6.07, 6.45) is 12.5. The summed E-state index contributed by atoms with van der Waals surface area (Å²) in [6, 6.07) is 4.52. The first kappa shape index (κ1) is 35.0. The molecule has 8 heteroatoms. The molecule has 44 heavy (non-hydrogen) atoms. The Morgan fingerprint density at radius 3 is 1.80 bits per heavy atom. The van der Waals surface area contributed by atoms with Crippen molar-refractivity contribution in [2.24, 2.45) is 33.5 Å². The number of nitrogens with zero attached hydrogens (tertiary/aromatic N) is 2. The third kappa shape index (κ3) is 9.24. The molecular weight excluding hydrogens is 552 g/mol. The van der Waals surface area contributed by atoms with E-state index in [9.17, 15) is 20.1 Å². The first-order chi connectivity index (χ1) is 20.4. The van der Waals surface area contributed by atoms with Crippen molar-refractivity contribution in [2.45, 2.75) is 100 Å². The topological polar surface area (TPSA) is 124 Å². The van der Waals surface area contributed by atoms with Gasteiger partial charge < -0.3 is 20.1 Å². The molecule has 0 aromatic heterocycles. The van der Waals surface area contributed by atoms with Crippen molar-refractivity contribution in [1.82, 2.24) is 10.6 Å². The van der Waals surface area contributed by atoms with Gasteiger partial charge in [0.05, 0.1) is 25.4 Å². The minimum absolute atomic E-state index is 0.0387. The predicted molar refractivity (Wildman–Crippen MR) is 171 cm³/mol. The highest BCUT2D eigenvalue weighted by atomic mass is 16.5. The van der Waals surface area contributed by atoms with E-state index in [4.69, 9.17) is 9.47 Å². The Hall–Kier alpha value is -3.52. The Labute approximate surface area is 264 Å². The van der Waals surface area contributed by atoms with Crippen LogP contribution in [0.4, 0.5) is 0 Å². The van der Waals surface area contributed by atoms with E-state index in [0.717, 1.165) is 48.3 Å². The number of ether oxygens (including phenoxy) is 2. The van der Waals surface area contributed by atoms with Crippen molar-refractivity contribution < 1.29 is 19.1 Å². The van der Waals surface area contributed by atoms with E-state index in [-0.39, 0.29) is 40.9 Å². The molecule has 4 atom stereocenters. The van der Waals surface area contributed by atoms with Gasteiger partial charge in [0.2, 0.25) is 0 Å². The zero-order valence-electron chi connectivity index (χ0n) is 28.2. The van der Waals surface area contributed by atoms with Crippen LogP contribution < -0.4 is 10.6 Å². The highest BCUT2D eigenvalue weighted by Crippen LogP contribution is 2.47. The molecule has 0 bridgehead atoms. The second kappa shape index (κ2) is 13.6. The van der Waals surface area contributed by atoms with E-state index >= 15 is 0 Å². The van der Waals surface area contributed by atoms with Gasteiger partial charge in [-0.2, -0.15) is 10.5 Å². The smallest absolute Gasteiger partial charge is 0.327 e. The number of hydrogen-bond donors (Lipinski definition) is 2. The molecule has 4 unspecified atom stereocenters. The molecule has 3 aliphatic rings. The fourth-order valence-corrected chi connectivity index (χ4v) is 7.58. The van der Waals surface area contributed by atoms with Crippen LogP contribution in [0.5, 0.6) is 0 Å². The van der Waals surface area contributed by atoms with Crippen LogP contribution in [0.15, 0.2) is 46.8 Å². The molecule has 1 saturated carbocycles. The zero-order valence-corrected chi connectivity index (χ0v) is 28.2. The molecule has 0 amide bonds. The van der Waals surface area contributed by atoms with Crippen LogP contribution in [0.2, 0.25) is 0 Å². The van der Waals surface area contributed by atoms with E-state index in [2.05, 4.69) is 83.4 Å². The molecule has 3 aliphatic carbocycles. The summed E-state index contributed by atoms with van der Waals surface area (Å²) in [4.78, 5) is 25.1. The highest BCUT2D eigenvalue weighted by Gasteiger charge is 2.42. The average molecular weight is 605 g/mol. The lowest BCUT2D eigenvalue weighted by atomic mass is 9.62. The monoisotopic (exact) mass is 604 g/mol. The predicted octanol–water partition coefficient (Wildman–Crippen LogP) is 6.64. The van der Waals surface area contributed by atoms with Crippen LogP contribution >= 0.6 is 0 Å². The number of nitriles is 2. The maximum Gasteiger partial charge on any atom is 0.327 e. The van der Waals surface area contributed by atoms with Crippen LogP contribution in [0.25, 0.3) is 0 Å². The number of hydrogen-bond acceptors (Lipinski definition) is 8. The number of allylic oxidation sites excluding steroid dienone is 4. The molecule has 0 radical (unpaired) electrons. The molecule has 240 valence electrons. The standard InChI is InChI=1S/C36H52N4O4/c1-10-43-31(41)29(20-37)24-12-26(16-33(3,4)14-24)39-23-36(9)19-28(18-35(7,8)22-36)40-27-13-25(15-34(5,6)17-27)30(21-38)32(42)44-11-2/h12-13,16-17,28-30,39-40H,10-11,14-15,18-19,22-23H2,1-9H3. The largest absolute Gasteiger partial charge is 0.465 e. The summed E-state index contributed by atoms with van der Waals surface area (Å²) >= 11 is 0. The first-order valence-electron chi connectivity index (χ1n) is 15.9. The SMILES string of the molecule is CCOC(=O)C(C#N)C1=CC(NCC2(C)CC(NC3=CC(C)(C)CC(C(C#N)C(=O)OCC)=C3)CC(C)(C)C2)=CC(C)(C)C1. The van der Waals surface area contributed by atoms with Gasteiger partial charge in [-0.25, -0.2) is 0 Å². The Morgan fingerprint density at radius 2 is 1.32 bits per heavy atom. The van der Waals surface area contributed by atoms with Crippen molar-refractivity contribution >= 4 is 11.9 Å². The molecule has 0 aromatic carbocycles. The Morgan fingerprint density at radius 1 is 0.841 bits per heavy atom. The van der Waals surface area contributed by atoms with Crippen LogP contribution in [0, 0.1) is 56.2 Å². The van der Waals surface area contributed by atoms with Gasteiger partial charge in [0.1, 0.15) is 0 Å². The minimum atomic E-state index is -0.910. The fraction of sp³-hybridized carbons (Fsp3) is 0.667. The number of esters is 2. The average Bonchev–Trinajstić information content (AvgIpc) is 2.86. The lowest BCUT2D eigenvalue weighted by molar-refractivity contribution is -0.145. The number of rotatable bonds is 11. The van der Waals surface area contributed by atoms with Gasteiger partial charge in [0, 0.05) is 24.0 Å². The van der Waals surface area contributed by atoms with Crippen molar-refractivity contribution in [3.63, 3.8) is 0 Å². The minimum Gasteiger partial charge on any atom is -0.465 e. The molecular formula is C36H52N4O4. The highest BCUT2D eigenvalue weighted by molar-refractivity contribution is 5.79. The van der Waals surface area contributed by atoms with Crippen LogP contribution in [0.3, 0.4) is 0 Å². The molecule has 2 N–H and O–H groups in total. The normalized spacial score (nSPS) is 26.6. The summed E-state index contributed by atoms with van der Waals surface area (Å²) in [5, 5.41) is 27.1. The second-order valence-electron chi connectivity index (χ2n) is 15.4. The van der Waals surface area contributed by atoms with E-state index in [1.165, 1.54) is 0 Å². The third-order valence-electron chi connectivity index (χ3n) is 8.67. The quantitative estimate of drug-likeness (QED) is 0.252. The molecule has 0 heterocycles. The maximum atomic E-state index is 12.6. The summed E-state index contributed by atoms with van der Waals surface area (Å²) < 4.78 is 10.4. The summed E-state index contributed by atoms with van der Waals surface area (Å²) in [7, 11) is 0. The third-order valence-corrected chi connectivity index (χ3v) is 8.67. The number of carbonyl (C=O) groups is 2.